The summed E-state index contributed by atoms with van der Waals surface area (Å²) in [6.45, 7) is 9.86. The van der Waals surface area contributed by atoms with E-state index in [0.717, 1.165) is 45.6 Å². The topological polar surface area (TPSA) is 92.4 Å². The molecule has 0 aliphatic rings. The van der Waals surface area contributed by atoms with E-state index in [1.165, 1.54) is 0 Å². The number of rotatable bonds is 6. The Balaban J connectivity index is 1.90. The fourth-order valence-electron chi connectivity index (χ4n) is 3.77. The summed E-state index contributed by atoms with van der Waals surface area (Å²) < 4.78 is 2.01. The molecule has 0 saturated carbocycles. The number of fused-ring (bicyclic) bond motifs is 3. The zero-order valence-corrected chi connectivity index (χ0v) is 18.2. The molecule has 1 unspecified atom stereocenters. The van der Waals surface area contributed by atoms with Crippen molar-refractivity contribution in [1.82, 2.24) is 19.4 Å². The van der Waals surface area contributed by atoms with Crippen molar-refractivity contribution in [2.45, 2.75) is 33.2 Å². The number of carboxylic acid groups (broad SMARTS) is 1. The average Bonchev–Trinajstić information content (AvgIpc) is 3.18. The van der Waals surface area contributed by atoms with Gasteiger partial charge in [-0.2, -0.15) is 0 Å². The monoisotopic (exact) mass is 435 g/mol. The minimum Gasteiger partial charge on any atom is -0.476 e. The second kappa shape index (κ2) is 8.00. The van der Waals surface area contributed by atoms with E-state index >= 15 is 0 Å². The number of benzene rings is 1. The van der Waals surface area contributed by atoms with E-state index in [2.05, 4.69) is 35.9 Å². The summed E-state index contributed by atoms with van der Waals surface area (Å²) in [5.74, 6) is -0.256. The van der Waals surface area contributed by atoms with E-state index in [-0.39, 0.29) is 16.9 Å². The molecule has 0 radical (unpaired) electrons. The zero-order chi connectivity index (χ0) is 22.3. The normalized spacial score (nSPS) is 12.3. The second-order valence-corrected chi connectivity index (χ2v) is 7.78. The van der Waals surface area contributed by atoms with Crippen molar-refractivity contribution in [3.63, 3.8) is 0 Å². The molecule has 158 valence electrons. The molecule has 0 fully saturated rings. The molecular formula is C23H22ClN5O2. The van der Waals surface area contributed by atoms with Crippen LogP contribution in [0.2, 0.25) is 5.15 Å². The van der Waals surface area contributed by atoms with E-state index in [1.807, 2.05) is 24.4 Å². The van der Waals surface area contributed by atoms with Gasteiger partial charge in [0.2, 0.25) is 0 Å². The van der Waals surface area contributed by atoms with Gasteiger partial charge in [0.25, 0.3) is 0 Å². The highest BCUT2D eigenvalue weighted by Gasteiger charge is 2.20. The summed E-state index contributed by atoms with van der Waals surface area (Å²) in [6.07, 6.45) is 4.40. The number of aromatic nitrogens is 4. The number of aryl methyl sites for hydroxylation is 2. The summed E-state index contributed by atoms with van der Waals surface area (Å²) in [7, 11) is 0. The van der Waals surface area contributed by atoms with Gasteiger partial charge >= 0.3 is 5.97 Å². The standard InChI is InChI=1S/C23H22ClN5O2/c1-5-14-11-29-19(6-2)28-20-15(9-12(3)10-16(20)22(29)26-14)13(4)25-17-7-8-18(24)27-21(17)23(30)31/h5,7-11,13,25H,1,6H2,2-4H3,(H,30,31). The SMILES string of the molecule is C=Cc1cn2c(CC)nc3c(C(C)Nc4ccc(Cl)nc4C(=O)O)cc(C)cc3c2n1. The minimum atomic E-state index is -1.14. The first-order valence-corrected chi connectivity index (χ1v) is 10.3. The number of anilines is 1. The highest BCUT2D eigenvalue weighted by molar-refractivity contribution is 6.29. The Kier molecular flexibility index (Phi) is 5.37. The number of carbonyl (C=O) groups is 1. The van der Waals surface area contributed by atoms with Crippen molar-refractivity contribution < 1.29 is 9.90 Å². The number of hydrogen-bond acceptors (Lipinski definition) is 5. The molecular weight excluding hydrogens is 414 g/mol. The largest absolute Gasteiger partial charge is 0.476 e. The smallest absolute Gasteiger partial charge is 0.356 e. The van der Waals surface area contributed by atoms with Crippen LogP contribution in [0.25, 0.3) is 22.6 Å². The molecule has 0 saturated heterocycles. The fraction of sp³-hybridized carbons (Fsp3) is 0.217. The molecule has 1 aromatic carbocycles. The highest BCUT2D eigenvalue weighted by atomic mass is 35.5. The van der Waals surface area contributed by atoms with Crippen LogP contribution >= 0.6 is 11.6 Å². The number of hydrogen-bond donors (Lipinski definition) is 2. The Bertz CT molecular complexity index is 1350. The lowest BCUT2D eigenvalue weighted by molar-refractivity contribution is 0.0691. The Labute approximate surface area is 184 Å². The first-order valence-electron chi connectivity index (χ1n) is 9.93. The van der Waals surface area contributed by atoms with E-state index in [1.54, 1.807) is 18.2 Å². The number of halogens is 1. The molecule has 4 rings (SSSR count). The maximum Gasteiger partial charge on any atom is 0.356 e. The summed E-state index contributed by atoms with van der Waals surface area (Å²) in [5, 5.41) is 13.8. The van der Waals surface area contributed by atoms with Crippen LogP contribution in [-0.2, 0) is 6.42 Å². The van der Waals surface area contributed by atoms with Crippen LogP contribution in [0.5, 0.6) is 0 Å². The molecule has 31 heavy (non-hydrogen) atoms. The number of nitrogens with one attached hydrogen (secondary N) is 1. The second-order valence-electron chi connectivity index (χ2n) is 7.40. The van der Waals surface area contributed by atoms with Crippen molar-refractivity contribution >= 4 is 45.9 Å². The summed E-state index contributed by atoms with van der Waals surface area (Å²) in [4.78, 5) is 25.2. The molecule has 0 spiro atoms. The first-order chi connectivity index (χ1) is 14.8. The lowest BCUT2D eigenvalue weighted by Crippen LogP contribution is -2.13. The van der Waals surface area contributed by atoms with Gasteiger partial charge in [-0.3, -0.25) is 4.40 Å². The van der Waals surface area contributed by atoms with Gasteiger partial charge in [0.05, 0.1) is 22.9 Å². The van der Waals surface area contributed by atoms with Gasteiger partial charge in [-0.25, -0.2) is 19.7 Å². The van der Waals surface area contributed by atoms with Crippen molar-refractivity contribution in [3.8, 4) is 0 Å². The molecule has 0 amide bonds. The third-order valence-electron chi connectivity index (χ3n) is 5.20. The molecule has 2 N–H and O–H groups in total. The first kappa shape index (κ1) is 20.8. The van der Waals surface area contributed by atoms with Crippen LogP contribution in [-0.4, -0.2) is 30.4 Å². The molecule has 3 heterocycles. The van der Waals surface area contributed by atoms with E-state index in [0.29, 0.717) is 5.69 Å². The van der Waals surface area contributed by atoms with E-state index in [4.69, 9.17) is 21.6 Å². The lowest BCUT2D eigenvalue weighted by atomic mass is 10.0. The van der Waals surface area contributed by atoms with Gasteiger partial charge in [-0.05, 0) is 43.7 Å². The van der Waals surface area contributed by atoms with Gasteiger partial charge in [0.1, 0.15) is 16.6 Å². The third-order valence-corrected chi connectivity index (χ3v) is 5.41. The maximum atomic E-state index is 11.6. The molecule has 8 heteroatoms. The highest BCUT2D eigenvalue weighted by Crippen LogP contribution is 2.31. The molecule has 7 nitrogen and oxygen atoms in total. The number of pyridine rings is 1. The van der Waals surface area contributed by atoms with Crippen LogP contribution in [0, 0.1) is 6.92 Å². The number of nitrogens with zero attached hydrogens (tertiary/aromatic N) is 4. The predicted octanol–water partition coefficient (Wildman–Crippen LogP) is 5.32. The molecule has 0 bridgehead atoms. The molecule has 0 aliphatic heterocycles. The summed E-state index contributed by atoms with van der Waals surface area (Å²) in [5.41, 5.74) is 4.72. The van der Waals surface area contributed by atoms with Gasteiger partial charge in [-0.15, -0.1) is 0 Å². The van der Waals surface area contributed by atoms with Gasteiger partial charge in [0.15, 0.2) is 5.69 Å². The van der Waals surface area contributed by atoms with Crippen LogP contribution < -0.4 is 5.32 Å². The van der Waals surface area contributed by atoms with Crippen LogP contribution in [0.3, 0.4) is 0 Å². The Morgan fingerprint density at radius 1 is 1.32 bits per heavy atom. The number of aromatic carboxylic acids is 1. The molecule has 4 aromatic rings. The lowest BCUT2D eigenvalue weighted by Gasteiger charge is -2.20. The van der Waals surface area contributed by atoms with Gasteiger partial charge in [-0.1, -0.05) is 31.2 Å². The summed E-state index contributed by atoms with van der Waals surface area (Å²) in [6, 6.07) is 7.08. The average molecular weight is 436 g/mol. The van der Waals surface area contributed by atoms with Crippen molar-refractivity contribution in [2.24, 2.45) is 0 Å². The minimum absolute atomic E-state index is 0.121. The number of carboxylic acids is 1. The molecule has 1 atom stereocenters. The third kappa shape index (κ3) is 3.72. The Morgan fingerprint density at radius 2 is 2.10 bits per heavy atom. The Morgan fingerprint density at radius 3 is 2.77 bits per heavy atom. The van der Waals surface area contributed by atoms with Crippen molar-refractivity contribution in [3.05, 3.63) is 70.5 Å². The number of imidazole rings is 1. The van der Waals surface area contributed by atoms with Gasteiger partial charge in [0, 0.05) is 23.6 Å². The fourth-order valence-corrected chi connectivity index (χ4v) is 3.92. The van der Waals surface area contributed by atoms with Crippen molar-refractivity contribution in [1.29, 1.82) is 0 Å². The Hall–Kier alpha value is -3.45. The van der Waals surface area contributed by atoms with E-state index in [9.17, 15) is 9.90 Å². The van der Waals surface area contributed by atoms with Gasteiger partial charge < -0.3 is 10.4 Å². The van der Waals surface area contributed by atoms with Crippen LogP contribution in [0.1, 0.15) is 53.0 Å². The van der Waals surface area contributed by atoms with Crippen LogP contribution in [0.15, 0.2) is 37.0 Å². The van der Waals surface area contributed by atoms with Crippen LogP contribution in [0.4, 0.5) is 5.69 Å². The van der Waals surface area contributed by atoms with Crippen molar-refractivity contribution in [2.75, 3.05) is 5.32 Å². The maximum absolute atomic E-state index is 11.6. The quantitative estimate of drug-likeness (QED) is 0.398. The van der Waals surface area contributed by atoms with E-state index < -0.39 is 5.97 Å². The summed E-state index contributed by atoms with van der Waals surface area (Å²) >= 11 is 5.89. The predicted molar refractivity (Wildman–Crippen MR) is 123 cm³/mol. The molecule has 0 aliphatic carbocycles. The molecule has 3 aromatic heterocycles. The zero-order valence-electron chi connectivity index (χ0n) is 17.5.